The Balaban J connectivity index is 1.84. The number of nitrogens with zero attached hydrogens (tertiary/aromatic N) is 2. The molecule has 2 N–H and O–H groups in total. The maximum absolute atomic E-state index is 12.9. The molecule has 0 fully saturated rings. The van der Waals surface area contributed by atoms with Gasteiger partial charge in [0.2, 0.25) is 5.91 Å². The van der Waals surface area contributed by atoms with E-state index in [4.69, 9.17) is 0 Å². The van der Waals surface area contributed by atoms with Crippen molar-refractivity contribution >= 4 is 17.3 Å². The van der Waals surface area contributed by atoms with E-state index in [2.05, 4.69) is 10.6 Å². The summed E-state index contributed by atoms with van der Waals surface area (Å²) in [6, 6.07) is 18.1. The molecule has 1 atom stereocenters. The molecule has 3 aromatic rings. The van der Waals surface area contributed by atoms with Crippen molar-refractivity contribution in [2.45, 2.75) is 19.9 Å². The highest BCUT2D eigenvalue weighted by Gasteiger charge is 2.20. The number of carbonyl (C=O) groups excluding carboxylic acids is 1. The van der Waals surface area contributed by atoms with Gasteiger partial charge in [-0.25, -0.2) is 4.68 Å². The fourth-order valence-corrected chi connectivity index (χ4v) is 2.79. The second-order valence-corrected chi connectivity index (χ2v) is 6.16. The number of anilines is 2. The van der Waals surface area contributed by atoms with Gasteiger partial charge < -0.3 is 10.6 Å². The van der Waals surface area contributed by atoms with Crippen molar-refractivity contribution in [3.8, 4) is 5.69 Å². The van der Waals surface area contributed by atoms with E-state index in [0.717, 1.165) is 17.1 Å². The molecule has 6 heteroatoms. The molecule has 0 spiro atoms. The lowest BCUT2D eigenvalue weighted by Crippen LogP contribution is -2.34. The van der Waals surface area contributed by atoms with Crippen LogP contribution in [0.3, 0.4) is 0 Å². The minimum Gasteiger partial charge on any atom is -0.368 e. The van der Waals surface area contributed by atoms with Gasteiger partial charge in [0, 0.05) is 12.7 Å². The van der Waals surface area contributed by atoms with Gasteiger partial charge in [-0.2, -0.15) is 0 Å². The minimum atomic E-state index is -0.562. The molecule has 1 heterocycles. The predicted molar refractivity (Wildman–Crippen MR) is 104 cm³/mol. The molecule has 1 aromatic heterocycles. The largest absolute Gasteiger partial charge is 0.368 e. The number of hydrogen-bond donors (Lipinski definition) is 2. The van der Waals surface area contributed by atoms with E-state index in [1.807, 2.05) is 74.6 Å². The van der Waals surface area contributed by atoms with E-state index >= 15 is 0 Å². The standard InChI is InChI=1S/C20H22N4O2/c1-14(19(25)22-16-10-6-4-7-11-16)21-18-15(2)23(3)24(20(18)26)17-12-8-5-9-13-17/h4-14,21H,1-3H3,(H,22,25). The van der Waals surface area contributed by atoms with Crippen LogP contribution in [-0.2, 0) is 11.8 Å². The van der Waals surface area contributed by atoms with E-state index in [0.29, 0.717) is 5.69 Å². The molecule has 26 heavy (non-hydrogen) atoms. The number of amides is 1. The Morgan fingerprint density at radius 2 is 1.58 bits per heavy atom. The molecule has 134 valence electrons. The fraction of sp³-hybridized carbons (Fsp3) is 0.200. The summed E-state index contributed by atoms with van der Waals surface area (Å²) < 4.78 is 3.36. The highest BCUT2D eigenvalue weighted by atomic mass is 16.2. The smallest absolute Gasteiger partial charge is 0.295 e. The van der Waals surface area contributed by atoms with Crippen LogP contribution in [0.25, 0.3) is 5.69 Å². The number of aromatic nitrogens is 2. The fourth-order valence-electron chi connectivity index (χ4n) is 2.79. The SMILES string of the molecule is Cc1c(NC(C)C(=O)Nc2ccccc2)c(=O)n(-c2ccccc2)n1C. The average Bonchev–Trinajstić information content (AvgIpc) is 2.86. The number of benzene rings is 2. The topological polar surface area (TPSA) is 68.1 Å². The molecule has 2 aromatic carbocycles. The van der Waals surface area contributed by atoms with Crippen LogP contribution < -0.4 is 16.2 Å². The maximum Gasteiger partial charge on any atom is 0.295 e. The summed E-state index contributed by atoms with van der Waals surface area (Å²) in [4.78, 5) is 25.3. The van der Waals surface area contributed by atoms with Gasteiger partial charge in [-0.15, -0.1) is 0 Å². The van der Waals surface area contributed by atoms with Crippen molar-refractivity contribution < 1.29 is 4.79 Å². The van der Waals surface area contributed by atoms with Crippen molar-refractivity contribution in [3.63, 3.8) is 0 Å². The molecule has 0 aliphatic heterocycles. The van der Waals surface area contributed by atoms with Crippen LogP contribution >= 0.6 is 0 Å². The Bertz CT molecular complexity index is 959. The molecular weight excluding hydrogens is 328 g/mol. The van der Waals surface area contributed by atoms with Crippen molar-refractivity contribution in [1.82, 2.24) is 9.36 Å². The first-order valence-corrected chi connectivity index (χ1v) is 8.45. The van der Waals surface area contributed by atoms with E-state index in [9.17, 15) is 9.59 Å². The Kier molecular flexibility index (Phi) is 4.93. The van der Waals surface area contributed by atoms with E-state index in [1.165, 1.54) is 0 Å². The van der Waals surface area contributed by atoms with Crippen LogP contribution in [-0.4, -0.2) is 21.3 Å². The second-order valence-electron chi connectivity index (χ2n) is 6.16. The predicted octanol–water partition coefficient (Wildman–Crippen LogP) is 2.92. The average molecular weight is 350 g/mol. The zero-order chi connectivity index (χ0) is 18.7. The van der Waals surface area contributed by atoms with Gasteiger partial charge in [-0.1, -0.05) is 36.4 Å². The quantitative estimate of drug-likeness (QED) is 0.743. The van der Waals surface area contributed by atoms with Gasteiger partial charge in [-0.05, 0) is 38.1 Å². The Morgan fingerprint density at radius 3 is 2.19 bits per heavy atom. The molecular formula is C20H22N4O2. The van der Waals surface area contributed by atoms with Gasteiger partial charge >= 0.3 is 0 Å². The number of hydrogen-bond acceptors (Lipinski definition) is 3. The zero-order valence-electron chi connectivity index (χ0n) is 15.1. The molecule has 0 aliphatic carbocycles. The van der Waals surface area contributed by atoms with Crippen LogP contribution in [0.4, 0.5) is 11.4 Å². The molecule has 0 saturated heterocycles. The summed E-state index contributed by atoms with van der Waals surface area (Å²) in [5.74, 6) is -0.204. The highest BCUT2D eigenvalue weighted by Crippen LogP contribution is 2.15. The molecule has 1 unspecified atom stereocenters. The van der Waals surface area contributed by atoms with Crippen LogP contribution in [0.15, 0.2) is 65.5 Å². The highest BCUT2D eigenvalue weighted by molar-refractivity contribution is 5.96. The minimum absolute atomic E-state index is 0.185. The third-order valence-corrected chi connectivity index (χ3v) is 4.35. The molecule has 6 nitrogen and oxygen atoms in total. The second kappa shape index (κ2) is 7.31. The normalized spacial score (nSPS) is 11.8. The van der Waals surface area contributed by atoms with Crippen LogP contribution in [0, 0.1) is 6.92 Å². The maximum atomic E-state index is 12.9. The summed E-state index contributed by atoms with van der Waals surface area (Å²) in [5, 5.41) is 5.90. The van der Waals surface area contributed by atoms with Crippen LogP contribution in [0.5, 0.6) is 0 Å². The van der Waals surface area contributed by atoms with Gasteiger partial charge in [0.1, 0.15) is 11.7 Å². The van der Waals surface area contributed by atoms with Crippen LogP contribution in [0.1, 0.15) is 12.6 Å². The Labute approximate surface area is 152 Å². The van der Waals surface area contributed by atoms with Crippen molar-refractivity contribution in [2.75, 3.05) is 10.6 Å². The van der Waals surface area contributed by atoms with E-state index < -0.39 is 6.04 Å². The summed E-state index contributed by atoms with van der Waals surface area (Å²) in [7, 11) is 1.82. The first-order valence-electron chi connectivity index (χ1n) is 8.45. The Morgan fingerprint density at radius 1 is 1.00 bits per heavy atom. The van der Waals surface area contributed by atoms with Crippen molar-refractivity contribution in [1.29, 1.82) is 0 Å². The number of nitrogens with one attached hydrogen (secondary N) is 2. The van der Waals surface area contributed by atoms with Gasteiger partial charge in [0.15, 0.2) is 0 Å². The third kappa shape index (κ3) is 3.39. The van der Waals surface area contributed by atoms with E-state index in [1.54, 1.807) is 16.3 Å². The first kappa shape index (κ1) is 17.5. The third-order valence-electron chi connectivity index (χ3n) is 4.35. The number of rotatable bonds is 5. The molecule has 0 radical (unpaired) electrons. The lowest BCUT2D eigenvalue weighted by Gasteiger charge is -2.14. The van der Waals surface area contributed by atoms with Crippen molar-refractivity contribution in [2.24, 2.45) is 7.05 Å². The molecule has 3 rings (SSSR count). The lowest BCUT2D eigenvalue weighted by molar-refractivity contribution is -0.116. The van der Waals surface area contributed by atoms with Gasteiger partial charge in [-0.3, -0.25) is 14.3 Å². The molecule has 1 amide bonds. The monoisotopic (exact) mass is 350 g/mol. The molecule has 0 saturated carbocycles. The Hall–Kier alpha value is -3.28. The number of para-hydroxylation sites is 2. The first-order chi connectivity index (χ1) is 12.5. The van der Waals surface area contributed by atoms with Gasteiger partial charge in [0.25, 0.3) is 5.56 Å². The summed E-state index contributed by atoms with van der Waals surface area (Å²) in [5.41, 5.74) is 2.50. The van der Waals surface area contributed by atoms with Crippen LogP contribution in [0.2, 0.25) is 0 Å². The summed E-state index contributed by atoms with van der Waals surface area (Å²) >= 11 is 0. The number of carbonyl (C=O) groups is 1. The summed E-state index contributed by atoms with van der Waals surface area (Å²) in [6.07, 6.45) is 0. The zero-order valence-corrected chi connectivity index (χ0v) is 15.1. The molecule has 0 aliphatic rings. The summed E-state index contributed by atoms with van der Waals surface area (Å²) in [6.45, 7) is 3.59. The molecule has 0 bridgehead atoms. The van der Waals surface area contributed by atoms with E-state index in [-0.39, 0.29) is 11.5 Å². The van der Waals surface area contributed by atoms with Crippen molar-refractivity contribution in [3.05, 3.63) is 76.7 Å². The van der Waals surface area contributed by atoms with Gasteiger partial charge in [0.05, 0.1) is 11.4 Å². The lowest BCUT2D eigenvalue weighted by atomic mass is 10.2.